The molecule has 2 N–H and O–H groups in total. The number of aliphatic hydroxyl groups excluding tert-OH is 1. The summed E-state index contributed by atoms with van der Waals surface area (Å²) in [6.07, 6.45) is -7.71. The summed E-state index contributed by atoms with van der Waals surface area (Å²) in [5, 5.41) is 10.7. The summed E-state index contributed by atoms with van der Waals surface area (Å²) in [6, 6.07) is 6.90. The Balaban J connectivity index is 1.67. The molecule has 0 saturated carbocycles. The van der Waals surface area contributed by atoms with Crippen molar-refractivity contribution in [2.45, 2.75) is 37.6 Å². The zero-order valence-corrected chi connectivity index (χ0v) is 15.0. The Bertz CT molecular complexity index is 942. The van der Waals surface area contributed by atoms with Crippen LogP contribution in [0.3, 0.4) is 0 Å². The molecule has 1 aromatic carbocycles. The number of alkyl halides is 3. The number of aliphatic hydroxyl groups is 1. The number of ether oxygens (including phenoxy) is 2. The standard InChI is InChI=1S/C17H16ClF3N2O5/c18-10-3-1-9(2-4-10)7-27-8-13-12(24)5-14(28-13)23-6-11(17(19,20)21)15(25)22-16(23)26/h1-4,6,12-14,24H,5,7-8H2,(H,22,25,26)/t12?,13-,14-/m0/s1. The van der Waals surface area contributed by atoms with Crippen LogP contribution in [0, 0.1) is 0 Å². The SMILES string of the molecule is O=c1[nH]c(=O)n([C@@H]2CC(O)[C@H](COCc3ccc(Cl)cc3)O2)cc1C(F)(F)F. The lowest BCUT2D eigenvalue weighted by Crippen LogP contribution is -2.36. The van der Waals surface area contributed by atoms with E-state index in [9.17, 15) is 27.9 Å². The number of halogens is 4. The molecule has 11 heteroatoms. The molecule has 1 unspecified atom stereocenters. The quantitative estimate of drug-likeness (QED) is 0.772. The van der Waals surface area contributed by atoms with Crippen molar-refractivity contribution in [3.05, 3.63) is 67.4 Å². The van der Waals surface area contributed by atoms with E-state index >= 15 is 0 Å². The molecule has 3 rings (SSSR count). The van der Waals surface area contributed by atoms with Crippen molar-refractivity contribution in [3.63, 3.8) is 0 Å². The van der Waals surface area contributed by atoms with Gasteiger partial charge in [-0.1, -0.05) is 23.7 Å². The number of hydrogen-bond donors (Lipinski definition) is 2. The normalized spacial score (nSPS) is 22.5. The Kier molecular flexibility index (Phi) is 5.94. The second-order valence-corrected chi connectivity index (χ2v) is 6.72. The lowest BCUT2D eigenvalue weighted by Gasteiger charge is -2.17. The van der Waals surface area contributed by atoms with Gasteiger partial charge in [-0.3, -0.25) is 14.3 Å². The first-order valence-corrected chi connectivity index (χ1v) is 8.61. The highest BCUT2D eigenvalue weighted by molar-refractivity contribution is 6.30. The van der Waals surface area contributed by atoms with Gasteiger partial charge in [0.2, 0.25) is 0 Å². The van der Waals surface area contributed by atoms with Crippen molar-refractivity contribution < 1.29 is 27.8 Å². The van der Waals surface area contributed by atoms with Crippen LogP contribution in [0.4, 0.5) is 13.2 Å². The molecule has 1 saturated heterocycles. The average molecular weight is 421 g/mol. The van der Waals surface area contributed by atoms with Crippen molar-refractivity contribution in [2.75, 3.05) is 6.61 Å². The maximum atomic E-state index is 12.9. The summed E-state index contributed by atoms with van der Waals surface area (Å²) < 4.78 is 50.3. The van der Waals surface area contributed by atoms with Crippen LogP contribution in [0.5, 0.6) is 0 Å². The van der Waals surface area contributed by atoms with Gasteiger partial charge in [0.15, 0.2) is 0 Å². The van der Waals surface area contributed by atoms with E-state index in [4.69, 9.17) is 21.1 Å². The molecule has 152 valence electrons. The second-order valence-electron chi connectivity index (χ2n) is 6.28. The first-order valence-electron chi connectivity index (χ1n) is 8.23. The Morgan fingerprint density at radius 2 is 1.96 bits per heavy atom. The van der Waals surface area contributed by atoms with Crippen molar-refractivity contribution in [1.29, 1.82) is 0 Å². The van der Waals surface area contributed by atoms with E-state index in [1.807, 2.05) is 0 Å². The van der Waals surface area contributed by atoms with Crippen LogP contribution < -0.4 is 11.2 Å². The van der Waals surface area contributed by atoms with Gasteiger partial charge in [0.25, 0.3) is 5.56 Å². The topological polar surface area (TPSA) is 93.6 Å². The van der Waals surface area contributed by atoms with Crippen molar-refractivity contribution in [2.24, 2.45) is 0 Å². The highest BCUT2D eigenvalue weighted by atomic mass is 35.5. The summed E-state index contributed by atoms with van der Waals surface area (Å²) in [6.45, 7) is 0.176. The number of hydrogen-bond acceptors (Lipinski definition) is 5. The van der Waals surface area contributed by atoms with Crippen molar-refractivity contribution in [1.82, 2.24) is 9.55 Å². The van der Waals surface area contributed by atoms with Crippen LogP contribution in [-0.4, -0.2) is 33.5 Å². The fraction of sp³-hybridized carbons (Fsp3) is 0.412. The summed E-state index contributed by atoms with van der Waals surface area (Å²) >= 11 is 5.79. The number of benzene rings is 1. The number of nitrogens with one attached hydrogen (secondary N) is 1. The number of H-pyrrole nitrogens is 1. The van der Waals surface area contributed by atoms with Gasteiger partial charge in [-0.25, -0.2) is 4.79 Å². The molecule has 1 aliphatic heterocycles. The molecule has 2 heterocycles. The smallest absolute Gasteiger partial charge is 0.390 e. The van der Waals surface area contributed by atoms with Gasteiger partial charge in [-0.15, -0.1) is 0 Å². The Morgan fingerprint density at radius 1 is 1.29 bits per heavy atom. The first kappa shape index (κ1) is 20.6. The number of nitrogens with zero attached hydrogens (tertiary/aromatic N) is 1. The third-order valence-electron chi connectivity index (χ3n) is 4.25. The fourth-order valence-corrected chi connectivity index (χ4v) is 2.94. The minimum absolute atomic E-state index is 0.0372. The maximum absolute atomic E-state index is 12.9. The zero-order chi connectivity index (χ0) is 20.5. The first-order chi connectivity index (χ1) is 13.1. The third kappa shape index (κ3) is 4.64. The van der Waals surface area contributed by atoms with E-state index in [0.717, 1.165) is 5.56 Å². The van der Waals surface area contributed by atoms with Gasteiger partial charge in [0.1, 0.15) is 17.9 Å². The zero-order valence-electron chi connectivity index (χ0n) is 14.3. The maximum Gasteiger partial charge on any atom is 0.423 e. The highest BCUT2D eigenvalue weighted by Crippen LogP contribution is 2.30. The van der Waals surface area contributed by atoms with Crippen LogP contribution in [0.15, 0.2) is 40.1 Å². The molecule has 1 aliphatic rings. The molecule has 1 aromatic heterocycles. The van der Waals surface area contributed by atoms with Crippen LogP contribution in [0.1, 0.15) is 23.8 Å². The molecular weight excluding hydrogens is 405 g/mol. The minimum Gasteiger partial charge on any atom is -0.390 e. The molecule has 0 aliphatic carbocycles. The van der Waals surface area contributed by atoms with Gasteiger partial charge in [-0.05, 0) is 17.7 Å². The number of aromatic amines is 1. The van der Waals surface area contributed by atoms with Gasteiger partial charge in [-0.2, -0.15) is 13.2 Å². The summed E-state index contributed by atoms with van der Waals surface area (Å²) in [4.78, 5) is 24.9. The van der Waals surface area contributed by atoms with Crippen molar-refractivity contribution >= 4 is 11.6 Å². The van der Waals surface area contributed by atoms with Gasteiger partial charge in [0, 0.05) is 17.6 Å². The van der Waals surface area contributed by atoms with Crippen LogP contribution in [0.2, 0.25) is 5.02 Å². The summed E-state index contributed by atoms with van der Waals surface area (Å²) in [7, 11) is 0. The molecule has 0 radical (unpaired) electrons. The molecule has 2 aromatic rings. The molecule has 0 spiro atoms. The van der Waals surface area contributed by atoms with Crippen molar-refractivity contribution in [3.8, 4) is 0 Å². The average Bonchev–Trinajstić information content (AvgIpc) is 2.96. The van der Waals surface area contributed by atoms with E-state index in [1.165, 1.54) is 0 Å². The molecule has 28 heavy (non-hydrogen) atoms. The molecule has 0 amide bonds. The molecule has 1 fully saturated rings. The van der Waals surface area contributed by atoms with E-state index in [0.29, 0.717) is 15.8 Å². The lowest BCUT2D eigenvalue weighted by molar-refractivity contribution is -0.139. The number of rotatable bonds is 5. The largest absolute Gasteiger partial charge is 0.423 e. The van der Waals surface area contributed by atoms with E-state index < -0.39 is 41.4 Å². The number of aromatic nitrogens is 2. The Labute approximate surface area is 161 Å². The predicted octanol–water partition coefficient (Wildman–Crippen LogP) is 2.07. The Hall–Kier alpha value is -2.14. The van der Waals surface area contributed by atoms with E-state index in [2.05, 4.69) is 0 Å². The molecular formula is C17H16ClF3N2O5. The second kappa shape index (κ2) is 8.08. The van der Waals surface area contributed by atoms with Crippen LogP contribution >= 0.6 is 11.6 Å². The van der Waals surface area contributed by atoms with E-state index in [1.54, 1.807) is 29.2 Å². The minimum atomic E-state index is -4.93. The predicted molar refractivity (Wildman–Crippen MR) is 92.0 cm³/mol. The summed E-state index contributed by atoms with van der Waals surface area (Å²) in [5.41, 5.74) is -3.28. The monoisotopic (exact) mass is 420 g/mol. The van der Waals surface area contributed by atoms with E-state index in [-0.39, 0.29) is 19.6 Å². The van der Waals surface area contributed by atoms with Gasteiger partial charge in [0.05, 0.1) is 19.3 Å². The molecule has 7 nitrogen and oxygen atoms in total. The fourth-order valence-electron chi connectivity index (χ4n) is 2.81. The van der Waals surface area contributed by atoms with Gasteiger partial charge < -0.3 is 14.6 Å². The third-order valence-corrected chi connectivity index (χ3v) is 4.50. The molecule has 3 atom stereocenters. The Morgan fingerprint density at radius 3 is 2.61 bits per heavy atom. The molecule has 0 bridgehead atoms. The van der Waals surface area contributed by atoms with Crippen LogP contribution in [0.25, 0.3) is 0 Å². The van der Waals surface area contributed by atoms with Gasteiger partial charge >= 0.3 is 11.9 Å². The highest BCUT2D eigenvalue weighted by Gasteiger charge is 2.39. The summed E-state index contributed by atoms with van der Waals surface area (Å²) in [5.74, 6) is 0. The van der Waals surface area contributed by atoms with Crippen LogP contribution in [-0.2, 0) is 22.3 Å². The lowest BCUT2D eigenvalue weighted by atomic mass is 10.2.